The molecule has 6 nitrogen and oxygen atoms in total. The highest BCUT2D eigenvalue weighted by Crippen LogP contribution is 2.26. The Labute approximate surface area is 128 Å². The molecule has 0 aliphatic heterocycles. The second-order valence-electron chi connectivity index (χ2n) is 5.84. The van der Waals surface area contributed by atoms with Gasteiger partial charge in [0.25, 0.3) is 0 Å². The van der Waals surface area contributed by atoms with E-state index in [2.05, 4.69) is 38.8 Å². The molecule has 2 heterocycles. The van der Waals surface area contributed by atoms with Crippen LogP contribution in [0.4, 0.5) is 0 Å². The molecule has 0 unspecified atom stereocenters. The summed E-state index contributed by atoms with van der Waals surface area (Å²) in [5, 5.41) is 16.5. The van der Waals surface area contributed by atoms with E-state index in [1.807, 2.05) is 24.1 Å². The van der Waals surface area contributed by atoms with Crippen molar-refractivity contribution in [1.29, 1.82) is 0 Å². The van der Waals surface area contributed by atoms with Crippen molar-refractivity contribution in [2.75, 3.05) is 0 Å². The molecule has 0 saturated heterocycles. The van der Waals surface area contributed by atoms with Crippen molar-refractivity contribution in [2.45, 2.75) is 32.2 Å². The van der Waals surface area contributed by atoms with E-state index >= 15 is 0 Å². The van der Waals surface area contributed by atoms with Gasteiger partial charge in [0, 0.05) is 31.8 Å². The van der Waals surface area contributed by atoms with E-state index in [1.165, 1.54) is 30.4 Å². The maximum absolute atomic E-state index is 4.30. The zero-order valence-corrected chi connectivity index (χ0v) is 12.6. The highest BCUT2D eigenvalue weighted by Gasteiger charge is 2.13. The average molecular weight is 294 g/mol. The number of aromatic nitrogens is 6. The van der Waals surface area contributed by atoms with Crippen LogP contribution >= 0.6 is 0 Å². The maximum Gasteiger partial charge on any atom is 0.113 e. The molecule has 0 saturated carbocycles. The van der Waals surface area contributed by atoms with Crippen LogP contribution < -0.4 is 0 Å². The quantitative estimate of drug-likeness (QED) is 0.736. The van der Waals surface area contributed by atoms with Crippen molar-refractivity contribution in [3.8, 4) is 11.3 Å². The Morgan fingerprint density at radius 2 is 1.95 bits per heavy atom. The fraction of sp³-hybridized carbons (Fsp3) is 0.375. The summed E-state index contributed by atoms with van der Waals surface area (Å²) < 4.78 is 3.59. The fourth-order valence-electron chi connectivity index (χ4n) is 3.01. The van der Waals surface area contributed by atoms with Gasteiger partial charge < -0.3 is 0 Å². The van der Waals surface area contributed by atoms with Crippen LogP contribution in [0.25, 0.3) is 11.3 Å². The molecular weight excluding hydrogens is 276 g/mol. The summed E-state index contributed by atoms with van der Waals surface area (Å²) in [4.78, 5) is 0. The third-order valence-corrected chi connectivity index (χ3v) is 4.18. The van der Waals surface area contributed by atoms with Gasteiger partial charge in [-0.15, -0.1) is 10.2 Å². The molecular formula is C16H18N6. The zero-order valence-electron chi connectivity index (χ0n) is 12.6. The summed E-state index contributed by atoms with van der Waals surface area (Å²) in [5.41, 5.74) is 6.02. The van der Waals surface area contributed by atoms with E-state index in [0.717, 1.165) is 29.9 Å². The number of hydrogen-bond donors (Lipinski definition) is 0. The summed E-state index contributed by atoms with van der Waals surface area (Å²) in [7, 11) is 1.87. The van der Waals surface area contributed by atoms with E-state index in [9.17, 15) is 0 Å². The second-order valence-corrected chi connectivity index (χ2v) is 5.84. The van der Waals surface area contributed by atoms with Crippen molar-refractivity contribution in [2.24, 2.45) is 7.05 Å². The van der Waals surface area contributed by atoms with Crippen LogP contribution in [0.5, 0.6) is 0 Å². The SMILES string of the molecule is Cn1cc(CCn2cc(-c3ccc4c(c3)CCC4)nn2)nn1. The van der Waals surface area contributed by atoms with Gasteiger partial charge in [-0.3, -0.25) is 9.36 Å². The molecule has 6 heteroatoms. The first kappa shape index (κ1) is 13.2. The molecule has 0 fully saturated rings. The van der Waals surface area contributed by atoms with Crippen LogP contribution in [-0.2, 0) is 32.9 Å². The highest BCUT2D eigenvalue weighted by molar-refractivity contribution is 5.60. The molecule has 1 aromatic carbocycles. The Kier molecular flexibility index (Phi) is 3.21. The third kappa shape index (κ3) is 2.52. The van der Waals surface area contributed by atoms with E-state index in [0.29, 0.717) is 0 Å². The van der Waals surface area contributed by atoms with Gasteiger partial charge in [-0.1, -0.05) is 22.6 Å². The predicted octanol–water partition coefficient (Wildman–Crippen LogP) is 1.80. The zero-order chi connectivity index (χ0) is 14.9. The molecule has 0 radical (unpaired) electrons. The molecule has 4 rings (SSSR count). The van der Waals surface area contributed by atoms with Crippen LogP contribution in [0.15, 0.2) is 30.6 Å². The van der Waals surface area contributed by atoms with Gasteiger partial charge >= 0.3 is 0 Å². The topological polar surface area (TPSA) is 61.4 Å². The summed E-state index contributed by atoms with van der Waals surface area (Å²) in [6.45, 7) is 0.761. The van der Waals surface area contributed by atoms with Gasteiger partial charge in [-0.05, 0) is 36.5 Å². The van der Waals surface area contributed by atoms with Gasteiger partial charge in [0.1, 0.15) is 5.69 Å². The lowest BCUT2D eigenvalue weighted by Crippen LogP contribution is -2.02. The van der Waals surface area contributed by atoms with Crippen molar-refractivity contribution in [1.82, 2.24) is 30.0 Å². The molecule has 22 heavy (non-hydrogen) atoms. The average Bonchev–Trinajstić information content (AvgIpc) is 3.24. The number of fused-ring (bicyclic) bond motifs is 1. The van der Waals surface area contributed by atoms with Gasteiger partial charge in [0.2, 0.25) is 0 Å². The maximum atomic E-state index is 4.30. The van der Waals surface area contributed by atoms with E-state index < -0.39 is 0 Å². The molecule has 0 atom stereocenters. The molecule has 3 aromatic rings. The first-order valence-electron chi connectivity index (χ1n) is 7.65. The molecule has 1 aliphatic carbocycles. The first-order valence-corrected chi connectivity index (χ1v) is 7.65. The van der Waals surface area contributed by atoms with Crippen LogP contribution in [0.3, 0.4) is 0 Å². The summed E-state index contributed by atoms with van der Waals surface area (Å²) in [5.74, 6) is 0. The van der Waals surface area contributed by atoms with Crippen LogP contribution in [0, 0.1) is 0 Å². The minimum Gasteiger partial charge on any atom is -0.255 e. The van der Waals surface area contributed by atoms with Crippen molar-refractivity contribution < 1.29 is 0 Å². The van der Waals surface area contributed by atoms with Crippen molar-refractivity contribution >= 4 is 0 Å². The molecule has 112 valence electrons. The van der Waals surface area contributed by atoms with Crippen LogP contribution in [-0.4, -0.2) is 30.0 Å². The molecule has 0 amide bonds. The van der Waals surface area contributed by atoms with Crippen molar-refractivity contribution in [3.63, 3.8) is 0 Å². The monoisotopic (exact) mass is 294 g/mol. The third-order valence-electron chi connectivity index (χ3n) is 4.18. The van der Waals surface area contributed by atoms with Crippen molar-refractivity contribution in [3.05, 3.63) is 47.4 Å². The van der Waals surface area contributed by atoms with E-state index in [-0.39, 0.29) is 0 Å². The Bertz CT molecular complexity index is 801. The fourth-order valence-corrected chi connectivity index (χ4v) is 3.01. The largest absolute Gasteiger partial charge is 0.255 e. The highest BCUT2D eigenvalue weighted by atomic mass is 15.4. The van der Waals surface area contributed by atoms with Gasteiger partial charge in [-0.2, -0.15) is 0 Å². The Morgan fingerprint density at radius 1 is 1.05 bits per heavy atom. The standard InChI is InChI=1S/C16H18N6/c1-21-10-15(17-19-21)7-8-22-11-16(18-20-22)14-6-5-12-3-2-4-13(12)9-14/h5-6,9-11H,2-4,7-8H2,1H3. The smallest absolute Gasteiger partial charge is 0.113 e. The first-order chi connectivity index (χ1) is 10.8. The second kappa shape index (κ2) is 5.36. The van der Waals surface area contributed by atoms with Gasteiger partial charge in [0.05, 0.1) is 11.9 Å². The predicted molar refractivity (Wildman–Crippen MR) is 82.2 cm³/mol. The molecule has 0 N–H and O–H groups in total. The minimum atomic E-state index is 0.761. The molecule has 1 aliphatic rings. The summed E-state index contributed by atoms with van der Waals surface area (Å²) in [6.07, 6.45) is 8.40. The molecule has 2 aromatic heterocycles. The summed E-state index contributed by atoms with van der Waals surface area (Å²) >= 11 is 0. The lowest BCUT2D eigenvalue weighted by atomic mass is 10.0. The number of hydrogen-bond acceptors (Lipinski definition) is 4. The Morgan fingerprint density at radius 3 is 2.82 bits per heavy atom. The Balaban J connectivity index is 1.49. The summed E-state index contributed by atoms with van der Waals surface area (Å²) in [6, 6.07) is 6.65. The van der Waals surface area contributed by atoms with Crippen LogP contribution in [0.2, 0.25) is 0 Å². The molecule has 0 bridgehead atoms. The minimum absolute atomic E-state index is 0.761. The molecule has 0 spiro atoms. The number of benzene rings is 1. The van der Waals surface area contributed by atoms with E-state index in [1.54, 1.807) is 4.68 Å². The van der Waals surface area contributed by atoms with E-state index in [4.69, 9.17) is 0 Å². The lowest BCUT2D eigenvalue weighted by molar-refractivity contribution is 0.583. The Hall–Kier alpha value is -2.50. The normalized spacial score (nSPS) is 13.5. The van der Waals surface area contributed by atoms with Crippen LogP contribution in [0.1, 0.15) is 23.2 Å². The number of aryl methyl sites for hydroxylation is 5. The number of nitrogens with zero attached hydrogens (tertiary/aromatic N) is 6. The van der Waals surface area contributed by atoms with Gasteiger partial charge in [0.15, 0.2) is 0 Å². The lowest BCUT2D eigenvalue weighted by Gasteiger charge is -2.01. The van der Waals surface area contributed by atoms with Gasteiger partial charge in [-0.25, -0.2) is 0 Å². The number of rotatable bonds is 4.